The van der Waals surface area contributed by atoms with Crippen molar-refractivity contribution < 1.29 is 39.9 Å². The van der Waals surface area contributed by atoms with Crippen LogP contribution in [0.1, 0.15) is 19.5 Å². The van der Waals surface area contributed by atoms with E-state index < -0.39 is 47.3 Å². The Hall–Kier alpha value is -1.70. The van der Waals surface area contributed by atoms with Crippen LogP contribution in [0.25, 0.3) is 0 Å². The van der Waals surface area contributed by atoms with Gasteiger partial charge in [-0.3, -0.25) is 4.79 Å². The standard InChI is InChI=1S/C17H27N3O8S/c1-8(2)13(29-6-17(27)14(23)12(22)11(21)5-28-17)15(24)20-10(16(25)26)3-9-4-18-7-19-9/h4,7-8,10-14,21-23,27H,3,5-6H2,1-2H3,(H,18,19)(H,20,24)(H,25,26)/t10-,11+,12+,13-,14-,17+/m0/s1. The second-order valence-electron chi connectivity index (χ2n) is 7.31. The number of aliphatic carboxylic acids is 1. The minimum absolute atomic E-state index is 0.0202. The number of aliphatic hydroxyl groups excluding tert-OH is 3. The molecule has 1 aromatic heterocycles. The topological polar surface area (TPSA) is 185 Å². The van der Waals surface area contributed by atoms with Crippen molar-refractivity contribution in [2.45, 2.75) is 55.7 Å². The molecule has 6 atom stereocenters. The number of carbonyl (C=O) groups excluding carboxylic acids is 1. The number of hydrogen-bond donors (Lipinski definition) is 7. The van der Waals surface area contributed by atoms with Crippen LogP contribution in [0.15, 0.2) is 12.5 Å². The van der Waals surface area contributed by atoms with E-state index in [1.54, 1.807) is 13.8 Å². The Kier molecular flexibility index (Phi) is 8.02. The van der Waals surface area contributed by atoms with Crippen molar-refractivity contribution in [3.05, 3.63) is 18.2 Å². The number of H-pyrrole nitrogens is 1. The number of amides is 1. The molecule has 1 aliphatic rings. The number of thioether (sulfide) groups is 1. The number of carbonyl (C=O) groups is 2. The summed E-state index contributed by atoms with van der Waals surface area (Å²) in [7, 11) is 0. The van der Waals surface area contributed by atoms with Crippen molar-refractivity contribution >= 4 is 23.6 Å². The molecule has 1 saturated heterocycles. The van der Waals surface area contributed by atoms with Gasteiger partial charge in [0.1, 0.15) is 24.4 Å². The predicted octanol–water partition coefficient (Wildman–Crippen LogP) is -1.92. The van der Waals surface area contributed by atoms with Gasteiger partial charge in [-0.2, -0.15) is 0 Å². The first-order valence-electron chi connectivity index (χ1n) is 9.07. The Morgan fingerprint density at radius 1 is 1.41 bits per heavy atom. The second-order valence-corrected chi connectivity index (χ2v) is 8.44. The minimum atomic E-state index is -2.15. The maximum atomic E-state index is 12.7. The first-order valence-corrected chi connectivity index (χ1v) is 10.1. The van der Waals surface area contributed by atoms with Gasteiger partial charge in [0.15, 0.2) is 0 Å². The lowest BCUT2D eigenvalue weighted by molar-refractivity contribution is -0.309. The summed E-state index contributed by atoms with van der Waals surface area (Å²) in [4.78, 5) is 30.8. The zero-order chi connectivity index (χ0) is 21.8. The monoisotopic (exact) mass is 433 g/mol. The molecule has 29 heavy (non-hydrogen) atoms. The van der Waals surface area contributed by atoms with Crippen molar-refractivity contribution in [1.82, 2.24) is 15.3 Å². The van der Waals surface area contributed by atoms with Crippen LogP contribution in [0.4, 0.5) is 0 Å². The average molecular weight is 433 g/mol. The summed E-state index contributed by atoms with van der Waals surface area (Å²) in [6, 6.07) is -1.18. The molecule has 0 saturated carbocycles. The van der Waals surface area contributed by atoms with Gasteiger partial charge < -0.3 is 40.6 Å². The Balaban J connectivity index is 2.02. The van der Waals surface area contributed by atoms with Gasteiger partial charge in [-0.05, 0) is 5.92 Å². The first-order chi connectivity index (χ1) is 13.5. The number of aliphatic hydroxyl groups is 4. The molecule has 0 radical (unpaired) electrons. The molecule has 0 unspecified atom stereocenters. The number of aromatic amines is 1. The smallest absolute Gasteiger partial charge is 0.326 e. The summed E-state index contributed by atoms with van der Waals surface area (Å²) in [6.07, 6.45) is -1.79. The van der Waals surface area contributed by atoms with E-state index in [2.05, 4.69) is 15.3 Å². The van der Waals surface area contributed by atoms with Gasteiger partial charge >= 0.3 is 5.97 Å². The lowest BCUT2D eigenvalue weighted by Crippen LogP contribution is -2.62. The van der Waals surface area contributed by atoms with E-state index in [4.69, 9.17) is 4.74 Å². The first kappa shape index (κ1) is 23.6. The molecule has 164 valence electrons. The molecule has 2 heterocycles. The summed E-state index contributed by atoms with van der Waals surface area (Å²) in [5.41, 5.74) is 0.548. The van der Waals surface area contributed by atoms with Gasteiger partial charge in [0.25, 0.3) is 0 Å². The number of aromatic nitrogens is 2. The molecule has 11 nitrogen and oxygen atoms in total. The Morgan fingerprint density at radius 3 is 2.66 bits per heavy atom. The molecule has 2 rings (SSSR count). The molecular weight excluding hydrogens is 406 g/mol. The van der Waals surface area contributed by atoms with Gasteiger partial charge in [-0.25, -0.2) is 9.78 Å². The van der Waals surface area contributed by atoms with Crippen molar-refractivity contribution in [3.63, 3.8) is 0 Å². The number of hydrogen-bond acceptors (Lipinski definition) is 9. The third-order valence-corrected chi connectivity index (χ3v) is 6.31. The van der Waals surface area contributed by atoms with E-state index in [1.807, 2.05) is 0 Å². The second kappa shape index (κ2) is 9.87. The van der Waals surface area contributed by atoms with Crippen LogP contribution in [-0.4, -0.2) is 95.1 Å². The molecular formula is C17H27N3O8S. The quantitative estimate of drug-likeness (QED) is 0.231. The van der Waals surface area contributed by atoms with Gasteiger partial charge in [-0.1, -0.05) is 13.8 Å². The van der Waals surface area contributed by atoms with Crippen molar-refractivity contribution in [3.8, 4) is 0 Å². The van der Waals surface area contributed by atoms with Crippen LogP contribution in [0.3, 0.4) is 0 Å². The molecule has 1 aromatic rings. The highest BCUT2D eigenvalue weighted by molar-refractivity contribution is 8.00. The molecule has 1 amide bonds. The van der Waals surface area contributed by atoms with E-state index in [0.717, 1.165) is 11.8 Å². The van der Waals surface area contributed by atoms with E-state index in [9.17, 15) is 35.1 Å². The number of carboxylic acid groups (broad SMARTS) is 1. The van der Waals surface area contributed by atoms with E-state index >= 15 is 0 Å². The molecule has 0 bridgehead atoms. The van der Waals surface area contributed by atoms with Gasteiger partial charge in [0.05, 0.1) is 23.9 Å². The third-order valence-electron chi connectivity index (χ3n) is 4.61. The Morgan fingerprint density at radius 2 is 2.10 bits per heavy atom. The van der Waals surface area contributed by atoms with Crippen LogP contribution >= 0.6 is 11.8 Å². The summed E-state index contributed by atoms with van der Waals surface area (Å²) in [6.45, 7) is 3.13. The number of nitrogens with one attached hydrogen (secondary N) is 2. The number of ether oxygens (including phenoxy) is 1. The highest BCUT2D eigenvalue weighted by atomic mass is 32.2. The fourth-order valence-electron chi connectivity index (χ4n) is 2.87. The fraction of sp³-hybridized carbons (Fsp3) is 0.706. The van der Waals surface area contributed by atoms with Crippen molar-refractivity contribution in [2.75, 3.05) is 12.4 Å². The normalized spacial score (nSPS) is 29.4. The van der Waals surface area contributed by atoms with E-state index in [1.165, 1.54) is 12.5 Å². The molecule has 7 N–H and O–H groups in total. The molecule has 1 aliphatic heterocycles. The maximum Gasteiger partial charge on any atom is 0.326 e. The largest absolute Gasteiger partial charge is 0.480 e. The zero-order valence-corrected chi connectivity index (χ0v) is 16.9. The average Bonchev–Trinajstić information content (AvgIpc) is 3.16. The summed E-state index contributed by atoms with van der Waals surface area (Å²) in [5, 5.41) is 50.9. The number of carboxylic acids is 1. The molecule has 0 aromatic carbocycles. The highest BCUT2D eigenvalue weighted by Gasteiger charge is 2.49. The van der Waals surface area contributed by atoms with Gasteiger partial charge in [0, 0.05) is 18.3 Å². The number of nitrogens with zero attached hydrogens (tertiary/aromatic N) is 1. The van der Waals surface area contributed by atoms with Gasteiger partial charge in [0.2, 0.25) is 11.7 Å². The zero-order valence-electron chi connectivity index (χ0n) is 16.1. The molecule has 12 heteroatoms. The summed E-state index contributed by atoms with van der Waals surface area (Å²) in [5.74, 6) is -4.42. The Bertz CT molecular complexity index is 688. The fourth-order valence-corrected chi connectivity index (χ4v) is 4.14. The van der Waals surface area contributed by atoms with Crippen LogP contribution in [-0.2, 0) is 20.7 Å². The SMILES string of the molecule is CC(C)[C@H](SC[C@@]1(O)OC[C@@H](O)[C@@H](O)[C@@H]1O)C(=O)N[C@@H](Cc1cnc[nH]1)C(=O)O. The number of imidazole rings is 1. The van der Waals surface area contributed by atoms with Crippen molar-refractivity contribution in [1.29, 1.82) is 0 Å². The van der Waals surface area contributed by atoms with Crippen LogP contribution in [0.5, 0.6) is 0 Å². The lowest BCUT2D eigenvalue weighted by atomic mass is 9.98. The minimum Gasteiger partial charge on any atom is -0.480 e. The summed E-state index contributed by atoms with van der Waals surface area (Å²) >= 11 is 0.959. The molecule has 0 spiro atoms. The lowest BCUT2D eigenvalue weighted by Gasteiger charge is -2.42. The van der Waals surface area contributed by atoms with Crippen LogP contribution in [0.2, 0.25) is 0 Å². The molecule has 1 fully saturated rings. The highest BCUT2D eigenvalue weighted by Crippen LogP contribution is 2.31. The van der Waals surface area contributed by atoms with E-state index in [0.29, 0.717) is 5.69 Å². The van der Waals surface area contributed by atoms with Crippen molar-refractivity contribution in [2.24, 2.45) is 5.92 Å². The third kappa shape index (κ3) is 5.90. The van der Waals surface area contributed by atoms with Crippen LogP contribution in [0, 0.1) is 5.92 Å². The van der Waals surface area contributed by atoms with Crippen LogP contribution < -0.4 is 5.32 Å². The number of rotatable bonds is 9. The Labute approximate surface area is 171 Å². The summed E-state index contributed by atoms with van der Waals surface area (Å²) < 4.78 is 5.10. The van der Waals surface area contributed by atoms with E-state index in [-0.39, 0.29) is 24.7 Å². The maximum absolute atomic E-state index is 12.7. The predicted molar refractivity (Wildman–Crippen MR) is 102 cm³/mol. The van der Waals surface area contributed by atoms with Gasteiger partial charge in [-0.15, -0.1) is 11.8 Å². The molecule has 0 aliphatic carbocycles.